The molecule has 16 heavy (non-hydrogen) atoms. The van der Waals surface area contributed by atoms with Crippen LogP contribution in [0.3, 0.4) is 0 Å². The number of benzene rings is 1. The molecule has 0 bridgehead atoms. The third kappa shape index (κ3) is 2.64. The van der Waals surface area contributed by atoms with Gasteiger partial charge in [0.05, 0.1) is 6.54 Å². The van der Waals surface area contributed by atoms with Gasteiger partial charge in [0.15, 0.2) is 11.0 Å². The van der Waals surface area contributed by atoms with E-state index in [1.807, 2.05) is 24.3 Å². The second kappa shape index (κ2) is 4.70. The molecule has 1 aliphatic heterocycles. The highest BCUT2D eigenvalue weighted by atomic mass is 32.2. The number of anilines is 1. The van der Waals surface area contributed by atoms with Gasteiger partial charge in [-0.2, -0.15) is 0 Å². The van der Waals surface area contributed by atoms with Crippen molar-refractivity contribution < 1.29 is 4.79 Å². The molecule has 0 unspecified atom stereocenters. The van der Waals surface area contributed by atoms with Gasteiger partial charge >= 0.3 is 0 Å². The van der Waals surface area contributed by atoms with Crippen LogP contribution in [0.4, 0.5) is 5.69 Å². The van der Waals surface area contributed by atoms with Crippen molar-refractivity contribution >= 4 is 28.4 Å². The van der Waals surface area contributed by atoms with Crippen molar-refractivity contribution in [3.8, 4) is 0 Å². The second-order valence-electron chi connectivity index (χ2n) is 3.84. The molecule has 0 saturated carbocycles. The van der Waals surface area contributed by atoms with Gasteiger partial charge in [-0.25, -0.2) is 0 Å². The van der Waals surface area contributed by atoms with Gasteiger partial charge < -0.3 is 5.32 Å². The number of carbonyl (C=O) groups is 1. The summed E-state index contributed by atoms with van der Waals surface area (Å²) in [5.74, 6) is 0.0815. The molecule has 3 nitrogen and oxygen atoms in total. The zero-order chi connectivity index (χ0) is 11.5. The lowest BCUT2D eigenvalue weighted by Gasteiger charge is -2.06. The highest BCUT2D eigenvalue weighted by molar-refractivity contribution is 8.15. The molecule has 0 spiro atoms. The van der Waals surface area contributed by atoms with Crippen molar-refractivity contribution in [2.75, 3.05) is 11.9 Å². The number of ketones is 1. The molecule has 1 aliphatic rings. The van der Waals surface area contributed by atoms with Crippen LogP contribution >= 0.6 is 11.8 Å². The first-order chi connectivity index (χ1) is 7.65. The number of Topliss-reactive ketones (excluding diaryl/α,β-unsaturated/α-hetero) is 1. The average molecular weight is 234 g/mol. The van der Waals surface area contributed by atoms with Crippen LogP contribution in [0, 0.1) is 0 Å². The normalized spacial score (nSPS) is 19.4. The van der Waals surface area contributed by atoms with Crippen LogP contribution < -0.4 is 5.32 Å². The number of hydrogen-bond donors (Lipinski definition) is 1. The molecule has 0 amide bonds. The Hall–Kier alpha value is -1.29. The van der Waals surface area contributed by atoms with E-state index in [1.165, 1.54) is 0 Å². The minimum absolute atomic E-state index is 0.0815. The quantitative estimate of drug-likeness (QED) is 0.800. The van der Waals surface area contributed by atoms with E-state index < -0.39 is 0 Å². The Morgan fingerprint density at radius 1 is 1.56 bits per heavy atom. The monoisotopic (exact) mass is 234 g/mol. The fraction of sp³-hybridized carbons (Fsp3) is 0.333. The van der Waals surface area contributed by atoms with E-state index in [2.05, 4.69) is 17.2 Å². The molecule has 0 fully saturated rings. The third-order valence-corrected chi connectivity index (χ3v) is 3.33. The molecule has 1 atom stereocenters. The molecule has 0 aromatic heterocycles. The summed E-state index contributed by atoms with van der Waals surface area (Å²) in [5.41, 5.74) is 1.65. The van der Waals surface area contributed by atoms with E-state index in [0.717, 1.165) is 23.0 Å². The van der Waals surface area contributed by atoms with Gasteiger partial charge in [0.1, 0.15) is 0 Å². The first-order valence-corrected chi connectivity index (χ1v) is 6.12. The SMILES string of the molecule is CC(=O)c1cccc(NC2=NC[C@H](C)S2)c1. The average Bonchev–Trinajstić information content (AvgIpc) is 2.64. The lowest BCUT2D eigenvalue weighted by molar-refractivity contribution is 0.101. The molecule has 0 aliphatic carbocycles. The molecule has 0 saturated heterocycles. The summed E-state index contributed by atoms with van der Waals surface area (Å²) in [4.78, 5) is 15.6. The van der Waals surface area contributed by atoms with Gasteiger partial charge in [-0.15, -0.1) is 0 Å². The van der Waals surface area contributed by atoms with Crippen LogP contribution in [0.5, 0.6) is 0 Å². The maximum absolute atomic E-state index is 11.2. The van der Waals surface area contributed by atoms with Crippen LogP contribution in [0.15, 0.2) is 29.3 Å². The second-order valence-corrected chi connectivity index (χ2v) is 5.26. The first-order valence-electron chi connectivity index (χ1n) is 5.24. The van der Waals surface area contributed by atoms with E-state index in [4.69, 9.17) is 0 Å². The van der Waals surface area contributed by atoms with Crippen LogP contribution in [0.25, 0.3) is 0 Å². The van der Waals surface area contributed by atoms with Crippen LogP contribution in [0.2, 0.25) is 0 Å². The van der Waals surface area contributed by atoms with Crippen molar-refractivity contribution in [2.24, 2.45) is 4.99 Å². The van der Waals surface area contributed by atoms with Crippen molar-refractivity contribution in [1.82, 2.24) is 0 Å². The molecule has 1 aromatic carbocycles. The van der Waals surface area contributed by atoms with Gasteiger partial charge in [-0.1, -0.05) is 30.8 Å². The standard InChI is InChI=1S/C12H14N2OS/c1-8-7-13-12(16-8)14-11-5-3-4-10(6-11)9(2)15/h3-6,8H,7H2,1-2H3,(H,13,14)/t8-/m0/s1. The van der Waals surface area contributed by atoms with E-state index in [0.29, 0.717) is 5.25 Å². The number of carbonyl (C=O) groups excluding carboxylic acids is 1. The summed E-state index contributed by atoms with van der Waals surface area (Å²) in [6, 6.07) is 7.50. The molecule has 1 N–H and O–H groups in total. The first kappa shape index (κ1) is 11.2. The summed E-state index contributed by atoms with van der Waals surface area (Å²) in [7, 11) is 0. The largest absolute Gasteiger partial charge is 0.335 e. The summed E-state index contributed by atoms with van der Waals surface area (Å²) in [6.07, 6.45) is 0. The van der Waals surface area contributed by atoms with Gasteiger partial charge in [0.25, 0.3) is 0 Å². The lowest BCUT2D eigenvalue weighted by Crippen LogP contribution is -2.06. The summed E-state index contributed by atoms with van der Waals surface area (Å²) >= 11 is 1.73. The van der Waals surface area contributed by atoms with E-state index in [1.54, 1.807) is 18.7 Å². The predicted octanol–water partition coefficient (Wildman–Crippen LogP) is 2.79. The number of hydrogen-bond acceptors (Lipinski definition) is 4. The van der Waals surface area contributed by atoms with Crippen molar-refractivity contribution in [3.05, 3.63) is 29.8 Å². The van der Waals surface area contributed by atoms with Crippen molar-refractivity contribution in [1.29, 1.82) is 0 Å². The van der Waals surface area contributed by atoms with Crippen LogP contribution in [0.1, 0.15) is 24.2 Å². The predicted molar refractivity (Wildman–Crippen MR) is 69.4 cm³/mol. The number of nitrogens with zero attached hydrogens (tertiary/aromatic N) is 1. The number of thioether (sulfide) groups is 1. The summed E-state index contributed by atoms with van der Waals surface area (Å²) in [5, 5.41) is 4.71. The van der Waals surface area contributed by atoms with Gasteiger partial charge in [0, 0.05) is 16.5 Å². The topological polar surface area (TPSA) is 41.5 Å². The molecule has 0 radical (unpaired) electrons. The Balaban J connectivity index is 2.10. The maximum atomic E-state index is 11.2. The van der Waals surface area contributed by atoms with Crippen molar-refractivity contribution in [2.45, 2.75) is 19.1 Å². The molecule has 84 valence electrons. The van der Waals surface area contributed by atoms with E-state index in [9.17, 15) is 4.79 Å². The fourth-order valence-electron chi connectivity index (χ4n) is 1.48. The zero-order valence-corrected chi connectivity index (χ0v) is 10.2. The third-order valence-electron chi connectivity index (χ3n) is 2.33. The van der Waals surface area contributed by atoms with Crippen LogP contribution in [-0.4, -0.2) is 22.7 Å². The number of rotatable bonds is 2. The maximum Gasteiger partial charge on any atom is 0.161 e. The number of amidine groups is 1. The Bertz CT molecular complexity index is 442. The van der Waals surface area contributed by atoms with Gasteiger partial charge in [-0.05, 0) is 19.1 Å². The minimum Gasteiger partial charge on any atom is -0.335 e. The van der Waals surface area contributed by atoms with Gasteiger partial charge in [-0.3, -0.25) is 9.79 Å². The van der Waals surface area contributed by atoms with Crippen molar-refractivity contribution in [3.63, 3.8) is 0 Å². The fourth-order valence-corrected chi connectivity index (χ4v) is 2.34. The Morgan fingerprint density at radius 2 is 2.38 bits per heavy atom. The molecular formula is C12H14N2OS. The molecule has 1 heterocycles. The molecule has 1 aromatic rings. The Kier molecular flexibility index (Phi) is 3.29. The number of nitrogens with one attached hydrogen (secondary N) is 1. The smallest absolute Gasteiger partial charge is 0.161 e. The molecule has 2 rings (SSSR count). The number of aliphatic imine (C=N–C) groups is 1. The summed E-state index contributed by atoms with van der Waals surface area (Å²) in [6.45, 7) is 4.58. The van der Waals surface area contributed by atoms with Gasteiger partial charge in [0.2, 0.25) is 0 Å². The van der Waals surface area contributed by atoms with E-state index >= 15 is 0 Å². The molecule has 4 heteroatoms. The Labute approximate surface area is 99.3 Å². The van der Waals surface area contributed by atoms with E-state index in [-0.39, 0.29) is 5.78 Å². The highest BCUT2D eigenvalue weighted by Crippen LogP contribution is 2.22. The molecular weight excluding hydrogens is 220 g/mol. The lowest BCUT2D eigenvalue weighted by atomic mass is 10.1. The highest BCUT2D eigenvalue weighted by Gasteiger charge is 2.14. The summed E-state index contributed by atoms with van der Waals surface area (Å²) < 4.78 is 0. The van der Waals surface area contributed by atoms with Crippen LogP contribution in [-0.2, 0) is 0 Å². The zero-order valence-electron chi connectivity index (χ0n) is 9.36. The Morgan fingerprint density at radius 3 is 3.00 bits per heavy atom. The minimum atomic E-state index is 0.0815.